The zero-order chi connectivity index (χ0) is 18.5. The van der Waals surface area contributed by atoms with Crippen molar-refractivity contribution in [3.8, 4) is 0 Å². The number of para-hydroxylation sites is 1. The topological polar surface area (TPSA) is 75.7 Å². The third-order valence-corrected chi connectivity index (χ3v) is 5.77. The normalized spacial score (nSPS) is 18.8. The third-order valence-electron chi connectivity index (χ3n) is 4.72. The fourth-order valence-electron chi connectivity index (χ4n) is 3.31. The number of thioether (sulfide) groups is 1. The van der Waals surface area contributed by atoms with Crippen molar-refractivity contribution >= 4 is 35.2 Å². The molecule has 1 aliphatic heterocycles. The Balaban J connectivity index is 1.55. The molecule has 1 aromatic carbocycles. The maximum absolute atomic E-state index is 12.3. The highest BCUT2D eigenvalue weighted by Crippen LogP contribution is 2.34. The molecule has 0 bridgehead atoms. The maximum Gasteiger partial charge on any atom is 0.326 e. The van der Waals surface area contributed by atoms with Gasteiger partial charge in [-0.15, -0.1) is 11.8 Å². The Morgan fingerprint density at radius 1 is 1.27 bits per heavy atom. The first-order valence-corrected chi connectivity index (χ1v) is 10.0. The molecule has 1 N–H and O–H groups in total. The van der Waals surface area contributed by atoms with E-state index >= 15 is 0 Å². The van der Waals surface area contributed by atoms with E-state index in [1.165, 1.54) is 23.1 Å². The van der Waals surface area contributed by atoms with Crippen LogP contribution in [0.25, 0.3) is 0 Å². The van der Waals surface area contributed by atoms with Gasteiger partial charge in [0.15, 0.2) is 6.10 Å². The number of amides is 2. The first-order valence-electron chi connectivity index (χ1n) is 9.06. The third kappa shape index (κ3) is 4.58. The van der Waals surface area contributed by atoms with Gasteiger partial charge in [0.25, 0.3) is 5.91 Å². The largest absolute Gasteiger partial charge is 0.451 e. The summed E-state index contributed by atoms with van der Waals surface area (Å²) < 4.78 is 5.27. The number of ether oxygens (including phenoxy) is 1. The van der Waals surface area contributed by atoms with Gasteiger partial charge >= 0.3 is 5.97 Å². The number of rotatable bonds is 5. The average molecular weight is 376 g/mol. The van der Waals surface area contributed by atoms with Crippen molar-refractivity contribution < 1.29 is 19.1 Å². The summed E-state index contributed by atoms with van der Waals surface area (Å²) in [5.74, 6) is -0.690. The van der Waals surface area contributed by atoms with Crippen LogP contribution in [-0.2, 0) is 19.1 Å². The molecule has 1 heterocycles. The highest BCUT2D eigenvalue weighted by Gasteiger charge is 2.28. The zero-order valence-electron chi connectivity index (χ0n) is 14.9. The molecular formula is C19H24N2O4S. The summed E-state index contributed by atoms with van der Waals surface area (Å²) in [6, 6.07) is 7.63. The lowest BCUT2D eigenvalue weighted by Gasteiger charge is -2.28. The van der Waals surface area contributed by atoms with E-state index in [9.17, 15) is 14.4 Å². The fourth-order valence-corrected chi connectivity index (χ4v) is 4.25. The highest BCUT2D eigenvalue weighted by molar-refractivity contribution is 8.00. The van der Waals surface area contributed by atoms with Gasteiger partial charge in [-0.1, -0.05) is 31.4 Å². The van der Waals surface area contributed by atoms with Crippen LogP contribution >= 0.6 is 11.8 Å². The molecule has 1 aliphatic carbocycles. The van der Waals surface area contributed by atoms with E-state index in [4.69, 9.17) is 4.74 Å². The van der Waals surface area contributed by atoms with Crippen molar-refractivity contribution in [2.24, 2.45) is 0 Å². The summed E-state index contributed by atoms with van der Waals surface area (Å²) in [5, 5.41) is 2.95. The van der Waals surface area contributed by atoms with Crippen LogP contribution in [-0.4, -0.2) is 42.2 Å². The number of esters is 1. The van der Waals surface area contributed by atoms with Crippen molar-refractivity contribution in [3.05, 3.63) is 24.3 Å². The van der Waals surface area contributed by atoms with Crippen molar-refractivity contribution in [2.45, 2.75) is 56.1 Å². The maximum atomic E-state index is 12.3. The van der Waals surface area contributed by atoms with Crippen LogP contribution in [0.5, 0.6) is 0 Å². The molecule has 0 radical (unpaired) electrons. The quantitative estimate of drug-likeness (QED) is 0.799. The lowest BCUT2D eigenvalue weighted by Crippen LogP contribution is -2.45. The predicted molar refractivity (Wildman–Crippen MR) is 100 cm³/mol. The second-order valence-electron chi connectivity index (χ2n) is 6.71. The van der Waals surface area contributed by atoms with Gasteiger partial charge in [-0.2, -0.15) is 0 Å². The smallest absolute Gasteiger partial charge is 0.326 e. The van der Waals surface area contributed by atoms with Crippen LogP contribution < -0.4 is 10.2 Å². The molecule has 1 atom stereocenters. The number of nitrogens with zero attached hydrogens (tertiary/aromatic N) is 1. The number of benzene rings is 1. The van der Waals surface area contributed by atoms with Gasteiger partial charge in [0, 0.05) is 10.9 Å². The zero-order valence-corrected chi connectivity index (χ0v) is 15.7. The second kappa shape index (κ2) is 8.58. The number of carbonyl (C=O) groups is 3. The van der Waals surface area contributed by atoms with Crippen LogP contribution in [0.3, 0.4) is 0 Å². The first-order chi connectivity index (χ1) is 12.5. The van der Waals surface area contributed by atoms with Crippen LogP contribution in [0.2, 0.25) is 0 Å². The predicted octanol–water partition coefficient (Wildman–Crippen LogP) is 2.51. The van der Waals surface area contributed by atoms with E-state index in [1.807, 2.05) is 24.3 Å². The van der Waals surface area contributed by atoms with E-state index in [2.05, 4.69) is 5.32 Å². The minimum absolute atomic E-state index is 0.134. The lowest BCUT2D eigenvalue weighted by molar-refractivity contribution is -0.154. The van der Waals surface area contributed by atoms with Gasteiger partial charge in [-0.3, -0.25) is 19.3 Å². The molecule has 0 saturated heterocycles. The Bertz CT molecular complexity index is 688. The lowest BCUT2D eigenvalue weighted by atomic mass is 9.95. The summed E-state index contributed by atoms with van der Waals surface area (Å²) in [7, 11) is 0. The molecule has 140 valence electrons. The highest BCUT2D eigenvalue weighted by atomic mass is 32.2. The Kier molecular flexibility index (Phi) is 6.19. The van der Waals surface area contributed by atoms with Crippen LogP contribution in [0, 0.1) is 0 Å². The van der Waals surface area contributed by atoms with Gasteiger partial charge in [0.05, 0.1) is 11.4 Å². The van der Waals surface area contributed by atoms with Crippen LogP contribution in [0.15, 0.2) is 29.2 Å². The average Bonchev–Trinajstić information content (AvgIpc) is 2.65. The molecule has 1 fully saturated rings. The molecule has 0 aromatic heterocycles. The number of carbonyl (C=O) groups excluding carboxylic acids is 3. The second-order valence-corrected chi connectivity index (χ2v) is 7.73. The Morgan fingerprint density at radius 2 is 2.00 bits per heavy atom. The van der Waals surface area contributed by atoms with Gasteiger partial charge in [0.2, 0.25) is 5.91 Å². The number of anilines is 1. The standard InChI is InChI=1S/C19H24N2O4S/c1-13(19(24)20-14-7-3-2-4-8-14)25-18(23)11-21-15-9-5-6-10-16(15)26-12-17(21)22/h5-6,9-10,13-14H,2-4,7-8,11-12H2,1H3,(H,20,24). The minimum atomic E-state index is -0.867. The monoisotopic (exact) mass is 376 g/mol. The Labute approximate surface area is 157 Å². The molecule has 1 aromatic rings. The summed E-state index contributed by atoms with van der Waals surface area (Å²) in [6.45, 7) is 1.38. The van der Waals surface area contributed by atoms with E-state index in [1.54, 1.807) is 6.92 Å². The summed E-state index contributed by atoms with van der Waals surface area (Å²) in [4.78, 5) is 39.1. The molecule has 0 spiro atoms. The van der Waals surface area contributed by atoms with Crippen molar-refractivity contribution in [2.75, 3.05) is 17.2 Å². The molecule has 2 amide bonds. The van der Waals surface area contributed by atoms with E-state index in [0.717, 1.165) is 30.6 Å². The van der Waals surface area contributed by atoms with Gasteiger partial charge in [0.1, 0.15) is 6.54 Å². The van der Waals surface area contributed by atoms with Crippen molar-refractivity contribution in [1.29, 1.82) is 0 Å². The fraction of sp³-hybridized carbons (Fsp3) is 0.526. The molecule has 2 aliphatic rings. The molecule has 1 unspecified atom stereocenters. The van der Waals surface area contributed by atoms with Gasteiger partial charge < -0.3 is 10.1 Å². The number of fused-ring (bicyclic) bond motifs is 1. The number of nitrogens with one attached hydrogen (secondary N) is 1. The van der Waals surface area contributed by atoms with E-state index in [0.29, 0.717) is 11.4 Å². The molecule has 7 heteroatoms. The van der Waals surface area contributed by atoms with Crippen molar-refractivity contribution in [1.82, 2.24) is 5.32 Å². The number of hydrogen-bond donors (Lipinski definition) is 1. The summed E-state index contributed by atoms with van der Waals surface area (Å²) >= 11 is 1.46. The van der Waals surface area contributed by atoms with Gasteiger partial charge in [-0.25, -0.2) is 0 Å². The summed E-state index contributed by atoms with van der Waals surface area (Å²) in [6.07, 6.45) is 4.53. The SMILES string of the molecule is CC(OC(=O)CN1C(=O)CSc2ccccc21)C(=O)NC1CCCCC1. The van der Waals surface area contributed by atoms with Crippen molar-refractivity contribution in [3.63, 3.8) is 0 Å². The Morgan fingerprint density at radius 3 is 2.77 bits per heavy atom. The van der Waals surface area contributed by atoms with E-state index in [-0.39, 0.29) is 24.4 Å². The molecule has 1 saturated carbocycles. The van der Waals surface area contributed by atoms with Gasteiger partial charge in [-0.05, 0) is 31.9 Å². The van der Waals surface area contributed by atoms with E-state index < -0.39 is 12.1 Å². The number of hydrogen-bond acceptors (Lipinski definition) is 5. The molecule has 26 heavy (non-hydrogen) atoms. The summed E-state index contributed by atoms with van der Waals surface area (Å²) in [5.41, 5.74) is 0.713. The Hall–Kier alpha value is -2.02. The minimum Gasteiger partial charge on any atom is -0.451 e. The van der Waals surface area contributed by atoms with Crippen LogP contribution in [0.4, 0.5) is 5.69 Å². The molecule has 6 nitrogen and oxygen atoms in total. The van der Waals surface area contributed by atoms with Crippen LogP contribution in [0.1, 0.15) is 39.0 Å². The molecule has 3 rings (SSSR count). The molecular weight excluding hydrogens is 352 g/mol. The first kappa shape index (κ1) is 18.8.